The lowest BCUT2D eigenvalue weighted by Crippen LogP contribution is -2.81. The normalized spacial score (nSPS) is 18.0. The first-order valence-electron chi connectivity index (χ1n) is 9.50. The highest BCUT2D eigenvalue weighted by atomic mass is 35.5. The van der Waals surface area contributed by atoms with Crippen LogP contribution < -0.4 is 4.90 Å². The summed E-state index contributed by atoms with van der Waals surface area (Å²) in [6.45, 7) is -1.57. The third-order valence-electron chi connectivity index (χ3n) is 5.60. The van der Waals surface area contributed by atoms with Gasteiger partial charge in [0.2, 0.25) is 5.91 Å². The first-order valence-corrected chi connectivity index (χ1v) is 9.88. The minimum absolute atomic E-state index is 0.0219. The van der Waals surface area contributed by atoms with Gasteiger partial charge in [-0.05, 0) is 23.8 Å². The van der Waals surface area contributed by atoms with Crippen LogP contribution in [-0.4, -0.2) is 63.0 Å². The molecule has 13 heteroatoms. The number of amides is 3. The third-order valence-corrected chi connectivity index (χ3v) is 5.80. The fraction of sp³-hybridized carbons (Fsp3) is 0.300. The van der Waals surface area contributed by atoms with Crippen LogP contribution in [-0.2, 0) is 22.3 Å². The number of piperazine rings is 1. The average Bonchev–Trinajstić information content (AvgIpc) is 2.69. The number of anilines is 1. The smallest absolute Gasteiger partial charge is 0.416 e. The van der Waals surface area contributed by atoms with E-state index in [4.69, 9.17) is 11.6 Å². The third kappa shape index (κ3) is 3.94. The molecule has 2 fully saturated rings. The van der Waals surface area contributed by atoms with Gasteiger partial charge in [0, 0.05) is 12.7 Å². The number of rotatable bonds is 3. The molecule has 2 aromatic rings. The lowest BCUT2D eigenvalue weighted by atomic mass is 9.83. The van der Waals surface area contributed by atoms with E-state index in [1.165, 1.54) is 12.1 Å². The number of alkyl halides is 3. The number of benzene rings is 1. The van der Waals surface area contributed by atoms with E-state index in [0.29, 0.717) is 5.56 Å². The van der Waals surface area contributed by atoms with Gasteiger partial charge in [-0.1, -0.05) is 23.7 Å². The van der Waals surface area contributed by atoms with Crippen molar-refractivity contribution in [3.05, 3.63) is 58.5 Å². The van der Waals surface area contributed by atoms with Gasteiger partial charge >= 0.3 is 12.3 Å². The van der Waals surface area contributed by atoms with Gasteiger partial charge in [0.25, 0.3) is 5.91 Å². The Labute approximate surface area is 189 Å². The SMILES string of the molecule is O=C(O)N1CC2(C1)C(=O)N(c1ncc(Cl)cc1F)CC(=O)N2Cc1ccc(C(F)(F)F)cc1. The van der Waals surface area contributed by atoms with Gasteiger partial charge in [-0.2, -0.15) is 13.2 Å². The Morgan fingerprint density at radius 1 is 1.18 bits per heavy atom. The second-order valence-corrected chi connectivity index (χ2v) is 8.13. The molecule has 174 valence electrons. The van der Waals surface area contributed by atoms with Crippen molar-refractivity contribution in [2.45, 2.75) is 18.3 Å². The Morgan fingerprint density at radius 2 is 1.82 bits per heavy atom. The van der Waals surface area contributed by atoms with Crippen LogP contribution in [0.25, 0.3) is 0 Å². The molecule has 4 rings (SSSR count). The summed E-state index contributed by atoms with van der Waals surface area (Å²) in [5.74, 6) is -2.76. The molecule has 1 aromatic heterocycles. The quantitative estimate of drug-likeness (QED) is 0.673. The van der Waals surface area contributed by atoms with Crippen LogP contribution in [0, 0.1) is 5.82 Å². The summed E-state index contributed by atoms with van der Waals surface area (Å²) >= 11 is 5.70. The summed E-state index contributed by atoms with van der Waals surface area (Å²) in [5, 5.41) is 9.22. The highest BCUT2D eigenvalue weighted by Gasteiger charge is 2.61. The van der Waals surface area contributed by atoms with Gasteiger partial charge in [-0.25, -0.2) is 14.2 Å². The monoisotopic (exact) mass is 486 g/mol. The van der Waals surface area contributed by atoms with Gasteiger partial charge in [0.05, 0.1) is 23.7 Å². The molecule has 0 radical (unpaired) electrons. The van der Waals surface area contributed by atoms with Crippen molar-refractivity contribution < 1.29 is 37.1 Å². The summed E-state index contributed by atoms with van der Waals surface area (Å²) < 4.78 is 52.9. The zero-order valence-electron chi connectivity index (χ0n) is 16.6. The molecule has 2 aliphatic rings. The van der Waals surface area contributed by atoms with Crippen LogP contribution >= 0.6 is 11.6 Å². The van der Waals surface area contributed by atoms with Gasteiger partial charge in [-0.3, -0.25) is 14.5 Å². The van der Waals surface area contributed by atoms with Crippen LogP contribution in [0.2, 0.25) is 5.02 Å². The van der Waals surface area contributed by atoms with Gasteiger partial charge in [0.1, 0.15) is 6.54 Å². The summed E-state index contributed by atoms with van der Waals surface area (Å²) in [5.41, 5.74) is -2.22. The van der Waals surface area contributed by atoms with Crippen LogP contribution in [0.5, 0.6) is 0 Å². The highest BCUT2D eigenvalue weighted by molar-refractivity contribution is 6.30. The number of carbonyl (C=O) groups excluding carboxylic acids is 2. The number of hydrogen-bond acceptors (Lipinski definition) is 4. The number of hydrogen-bond donors (Lipinski definition) is 1. The van der Waals surface area contributed by atoms with E-state index in [2.05, 4.69) is 4.98 Å². The van der Waals surface area contributed by atoms with Crippen molar-refractivity contribution in [2.24, 2.45) is 0 Å². The summed E-state index contributed by atoms with van der Waals surface area (Å²) in [4.78, 5) is 44.4. The number of aromatic nitrogens is 1. The second kappa shape index (κ2) is 7.87. The van der Waals surface area contributed by atoms with Crippen molar-refractivity contribution in [1.29, 1.82) is 0 Å². The number of likely N-dealkylation sites (tertiary alicyclic amines) is 1. The van der Waals surface area contributed by atoms with E-state index in [-0.39, 0.29) is 24.7 Å². The Balaban J connectivity index is 1.67. The maximum atomic E-state index is 14.4. The van der Waals surface area contributed by atoms with Crippen molar-refractivity contribution in [3.8, 4) is 0 Å². The molecule has 3 heterocycles. The summed E-state index contributed by atoms with van der Waals surface area (Å²) in [7, 11) is 0. The van der Waals surface area contributed by atoms with Gasteiger partial charge in [0.15, 0.2) is 17.2 Å². The van der Waals surface area contributed by atoms with Gasteiger partial charge < -0.3 is 14.9 Å². The lowest BCUT2D eigenvalue weighted by molar-refractivity contribution is -0.162. The predicted molar refractivity (Wildman–Crippen MR) is 106 cm³/mol. The Hall–Kier alpha value is -3.41. The number of pyridine rings is 1. The molecule has 1 N–H and O–H groups in total. The molecule has 1 spiro atoms. The van der Waals surface area contributed by atoms with E-state index in [1.807, 2.05) is 0 Å². The number of carboxylic acid groups (broad SMARTS) is 1. The maximum absolute atomic E-state index is 14.4. The second-order valence-electron chi connectivity index (χ2n) is 7.70. The molecule has 1 aromatic carbocycles. The number of halogens is 5. The first kappa shape index (κ1) is 22.8. The van der Waals surface area contributed by atoms with E-state index >= 15 is 0 Å². The Bertz CT molecular complexity index is 1140. The Kier molecular flexibility index (Phi) is 5.43. The fourth-order valence-corrected chi connectivity index (χ4v) is 4.07. The van der Waals surface area contributed by atoms with Crippen molar-refractivity contribution in [1.82, 2.24) is 14.8 Å². The summed E-state index contributed by atoms with van der Waals surface area (Å²) in [6, 6.07) is 4.97. The molecule has 2 saturated heterocycles. The highest BCUT2D eigenvalue weighted by Crippen LogP contribution is 2.37. The Morgan fingerprint density at radius 3 is 2.36 bits per heavy atom. The number of nitrogens with zero attached hydrogens (tertiary/aromatic N) is 4. The van der Waals surface area contributed by atoms with Gasteiger partial charge in [-0.15, -0.1) is 0 Å². The predicted octanol–water partition coefficient (Wildman–Crippen LogP) is 3.00. The zero-order chi connectivity index (χ0) is 24.1. The van der Waals surface area contributed by atoms with Crippen LogP contribution in [0.4, 0.5) is 28.2 Å². The molecule has 0 atom stereocenters. The van der Waals surface area contributed by atoms with Crippen LogP contribution in [0.1, 0.15) is 11.1 Å². The molecule has 0 saturated carbocycles. The molecular formula is C20H15ClF4N4O4. The van der Waals surface area contributed by atoms with E-state index < -0.39 is 53.4 Å². The van der Waals surface area contributed by atoms with Crippen molar-refractivity contribution >= 4 is 35.3 Å². The zero-order valence-corrected chi connectivity index (χ0v) is 17.4. The van der Waals surface area contributed by atoms with Crippen LogP contribution in [0.15, 0.2) is 36.5 Å². The van der Waals surface area contributed by atoms with Crippen molar-refractivity contribution in [2.75, 3.05) is 24.5 Å². The minimum Gasteiger partial charge on any atom is -0.465 e. The fourth-order valence-electron chi connectivity index (χ4n) is 3.92. The number of carbonyl (C=O) groups is 3. The first-order chi connectivity index (χ1) is 15.4. The minimum atomic E-state index is -4.54. The van der Waals surface area contributed by atoms with E-state index in [1.54, 1.807) is 0 Å². The topological polar surface area (TPSA) is 94.0 Å². The molecule has 2 aliphatic heterocycles. The van der Waals surface area contributed by atoms with Crippen LogP contribution in [0.3, 0.4) is 0 Å². The van der Waals surface area contributed by atoms with E-state index in [9.17, 15) is 37.1 Å². The molecule has 33 heavy (non-hydrogen) atoms. The average molecular weight is 487 g/mol. The molecule has 0 bridgehead atoms. The molecule has 0 aliphatic carbocycles. The molecule has 8 nitrogen and oxygen atoms in total. The van der Waals surface area contributed by atoms with E-state index in [0.717, 1.165) is 39.1 Å². The standard InChI is InChI=1S/C20H15ClF4N4O4/c21-13-5-14(22)16(26-6-13)28-8-15(30)29(19(17(28)31)9-27(10-19)18(32)33)7-11-1-3-12(4-2-11)20(23,24)25/h1-6H,7-10H2,(H,32,33). The maximum Gasteiger partial charge on any atom is 0.416 e. The molecule has 3 amide bonds. The molecular weight excluding hydrogens is 472 g/mol. The lowest BCUT2D eigenvalue weighted by Gasteiger charge is -2.56. The largest absolute Gasteiger partial charge is 0.465 e. The molecule has 0 unspecified atom stereocenters. The van der Waals surface area contributed by atoms with Crippen molar-refractivity contribution in [3.63, 3.8) is 0 Å². The summed E-state index contributed by atoms with van der Waals surface area (Å²) in [6.07, 6.45) is -4.75.